The van der Waals surface area contributed by atoms with E-state index in [1.807, 2.05) is 36.4 Å². The second-order valence-corrected chi connectivity index (χ2v) is 6.33. The number of carboxylic acids is 1. The highest BCUT2D eigenvalue weighted by molar-refractivity contribution is 9.10. The lowest BCUT2D eigenvalue weighted by Gasteiger charge is -2.07. The van der Waals surface area contributed by atoms with E-state index in [1.54, 1.807) is 23.9 Å². The number of halogens is 1. The summed E-state index contributed by atoms with van der Waals surface area (Å²) in [5.41, 5.74) is 0.292. The number of carboxylic acid groups (broad SMARTS) is 1. The third-order valence-corrected chi connectivity index (χ3v) is 4.51. The Morgan fingerprint density at radius 3 is 2.67 bits per heavy atom. The highest BCUT2D eigenvalue weighted by atomic mass is 79.9. The van der Waals surface area contributed by atoms with E-state index >= 15 is 0 Å². The van der Waals surface area contributed by atoms with Crippen LogP contribution in [0.5, 0.6) is 5.75 Å². The molecule has 0 unspecified atom stereocenters. The van der Waals surface area contributed by atoms with Crippen LogP contribution in [0.2, 0.25) is 0 Å². The first kappa shape index (κ1) is 15.9. The van der Waals surface area contributed by atoms with E-state index in [0.717, 1.165) is 22.8 Å². The number of rotatable bonds is 7. The molecule has 0 spiro atoms. The molecule has 5 heteroatoms. The first-order valence-electron chi connectivity index (χ1n) is 6.50. The van der Waals surface area contributed by atoms with Crippen molar-refractivity contribution in [2.45, 2.75) is 11.3 Å². The standard InChI is InChI=1S/C16H15BrO3S/c17-15-8-7-13(11-14(15)16(18)19)21-10-4-9-20-12-5-2-1-3-6-12/h1-3,5-8,11H,4,9-10H2,(H,18,19). The monoisotopic (exact) mass is 366 g/mol. The minimum Gasteiger partial charge on any atom is -0.494 e. The summed E-state index contributed by atoms with van der Waals surface area (Å²) in [5, 5.41) is 9.07. The zero-order valence-corrected chi connectivity index (χ0v) is 13.7. The number of aromatic carboxylic acids is 1. The van der Waals surface area contributed by atoms with Gasteiger partial charge in [-0.2, -0.15) is 0 Å². The Labute approximate surface area is 136 Å². The van der Waals surface area contributed by atoms with E-state index in [-0.39, 0.29) is 0 Å². The zero-order chi connectivity index (χ0) is 15.1. The van der Waals surface area contributed by atoms with Crippen molar-refractivity contribution in [3.05, 3.63) is 58.6 Å². The van der Waals surface area contributed by atoms with Crippen molar-refractivity contribution < 1.29 is 14.6 Å². The normalized spacial score (nSPS) is 10.3. The van der Waals surface area contributed by atoms with Crippen LogP contribution in [0.4, 0.5) is 0 Å². The third-order valence-electron chi connectivity index (χ3n) is 2.74. The number of para-hydroxylation sites is 1. The largest absolute Gasteiger partial charge is 0.494 e. The lowest BCUT2D eigenvalue weighted by Crippen LogP contribution is -1.99. The Morgan fingerprint density at radius 1 is 1.19 bits per heavy atom. The first-order chi connectivity index (χ1) is 10.2. The van der Waals surface area contributed by atoms with Crippen LogP contribution in [0.15, 0.2) is 57.9 Å². The van der Waals surface area contributed by atoms with Crippen LogP contribution in [0, 0.1) is 0 Å². The highest BCUT2D eigenvalue weighted by Crippen LogP contribution is 2.25. The van der Waals surface area contributed by atoms with E-state index in [0.29, 0.717) is 16.6 Å². The molecule has 110 valence electrons. The van der Waals surface area contributed by atoms with Crippen molar-refractivity contribution >= 4 is 33.7 Å². The molecule has 0 aliphatic carbocycles. The van der Waals surface area contributed by atoms with Crippen LogP contribution < -0.4 is 4.74 Å². The quantitative estimate of drug-likeness (QED) is 0.569. The van der Waals surface area contributed by atoms with Crippen molar-refractivity contribution in [3.63, 3.8) is 0 Å². The minimum absolute atomic E-state index is 0.292. The van der Waals surface area contributed by atoms with Gasteiger partial charge in [-0.1, -0.05) is 18.2 Å². The molecular formula is C16H15BrO3S. The van der Waals surface area contributed by atoms with Crippen molar-refractivity contribution in [3.8, 4) is 5.75 Å². The predicted molar refractivity (Wildman–Crippen MR) is 88.4 cm³/mol. The number of carbonyl (C=O) groups is 1. The van der Waals surface area contributed by atoms with E-state index in [9.17, 15) is 4.79 Å². The van der Waals surface area contributed by atoms with Crippen LogP contribution in [0.25, 0.3) is 0 Å². The van der Waals surface area contributed by atoms with Crippen molar-refractivity contribution in [1.82, 2.24) is 0 Å². The van der Waals surface area contributed by atoms with Gasteiger partial charge in [-0.15, -0.1) is 11.8 Å². The van der Waals surface area contributed by atoms with Gasteiger partial charge in [0, 0.05) is 15.1 Å². The molecule has 0 saturated carbocycles. The van der Waals surface area contributed by atoms with Crippen LogP contribution in [0.3, 0.4) is 0 Å². The van der Waals surface area contributed by atoms with Crippen molar-refractivity contribution in [1.29, 1.82) is 0 Å². The van der Waals surface area contributed by atoms with Gasteiger partial charge < -0.3 is 9.84 Å². The smallest absolute Gasteiger partial charge is 0.336 e. The summed E-state index contributed by atoms with van der Waals surface area (Å²) in [4.78, 5) is 12.0. The highest BCUT2D eigenvalue weighted by Gasteiger charge is 2.09. The maximum atomic E-state index is 11.0. The summed E-state index contributed by atoms with van der Waals surface area (Å²) in [6.45, 7) is 0.652. The molecule has 0 radical (unpaired) electrons. The number of hydrogen-bond acceptors (Lipinski definition) is 3. The molecule has 0 fully saturated rings. The summed E-state index contributed by atoms with van der Waals surface area (Å²) in [5.74, 6) is 0.837. The molecule has 0 amide bonds. The topological polar surface area (TPSA) is 46.5 Å². The molecule has 0 bridgehead atoms. The fraction of sp³-hybridized carbons (Fsp3) is 0.188. The maximum absolute atomic E-state index is 11.0. The molecule has 2 rings (SSSR count). The molecule has 1 N–H and O–H groups in total. The average Bonchev–Trinajstić information content (AvgIpc) is 2.49. The van der Waals surface area contributed by atoms with Gasteiger partial charge in [-0.05, 0) is 52.7 Å². The fourth-order valence-corrected chi connectivity index (χ4v) is 2.99. The van der Waals surface area contributed by atoms with Gasteiger partial charge in [0.05, 0.1) is 12.2 Å². The molecule has 21 heavy (non-hydrogen) atoms. The van der Waals surface area contributed by atoms with Crippen LogP contribution >= 0.6 is 27.7 Å². The maximum Gasteiger partial charge on any atom is 0.336 e. The van der Waals surface area contributed by atoms with Gasteiger partial charge >= 0.3 is 5.97 Å². The minimum atomic E-state index is -0.920. The molecule has 3 nitrogen and oxygen atoms in total. The van der Waals surface area contributed by atoms with Gasteiger partial charge in [0.15, 0.2) is 0 Å². The number of ether oxygens (including phenoxy) is 1. The average molecular weight is 367 g/mol. The van der Waals surface area contributed by atoms with Crippen LogP contribution in [-0.2, 0) is 0 Å². The number of hydrogen-bond donors (Lipinski definition) is 1. The summed E-state index contributed by atoms with van der Waals surface area (Å²) < 4.78 is 6.21. The predicted octanol–water partition coefficient (Wildman–Crippen LogP) is 4.71. The Kier molecular flexibility index (Phi) is 6.14. The molecule has 0 aliphatic heterocycles. The number of benzene rings is 2. The van der Waals surface area contributed by atoms with Gasteiger partial charge in [-0.25, -0.2) is 4.79 Å². The van der Waals surface area contributed by atoms with Crippen LogP contribution in [-0.4, -0.2) is 23.4 Å². The second-order valence-electron chi connectivity index (χ2n) is 4.31. The van der Waals surface area contributed by atoms with E-state index in [4.69, 9.17) is 9.84 Å². The van der Waals surface area contributed by atoms with E-state index < -0.39 is 5.97 Å². The summed E-state index contributed by atoms with van der Waals surface area (Å²) in [6.07, 6.45) is 0.901. The molecule has 0 aliphatic rings. The van der Waals surface area contributed by atoms with Crippen molar-refractivity contribution in [2.24, 2.45) is 0 Å². The van der Waals surface area contributed by atoms with Gasteiger partial charge in [0.2, 0.25) is 0 Å². The van der Waals surface area contributed by atoms with E-state index in [1.165, 1.54) is 0 Å². The van der Waals surface area contributed by atoms with Gasteiger partial charge in [0.25, 0.3) is 0 Å². The van der Waals surface area contributed by atoms with Crippen molar-refractivity contribution in [2.75, 3.05) is 12.4 Å². The Balaban J connectivity index is 1.76. The van der Waals surface area contributed by atoms with Crippen LogP contribution in [0.1, 0.15) is 16.8 Å². The zero-order valence-electron chi connectivity index (χ0n) is 11.3. The molecule has 0 heterocycles. The molecule has 0 atom stereocenters. The SMILES string of the molecule is O=C(O)c1cc(SCCCOc2ccccc2)ccc1Br. The Bertz CT molecular complexity index is 602. The number of thioether (sulfide) groups is 1. The summed E-state index contributed by atoms with van der Waals surface area (Å²) in [7, 11) is 0. The molecule has 2 aromatic rings. The van der Waals surface area contributed by atoms with Gasteiger partial charge in [-0.3, -0.25) is 0 Å². The summed E-state index contributed by atoms with van der Waals surface area (Å²) >= 11 is 4.87. The second kappa shape index (κ2) is 8.10. The third kappa shape index (κ3) is 5.10. The first-order valence-corrected chi connectivity index (χ1v) is 8.28. The fourth-order valence-electron chi connectivity index (χ4n) is 1.71. The Hall–Kier alpha value is -1.46. The molecule has 0 aromatic heterocycles. The lowest BCUT2D eigenvalue weighted by molar-refractivity contribution is 0.0695. The molecular weight excluding hydrogens is 352 g/mol. The lowest BCUT2D eigenvalue weighted by atomic mass is 10.2. The Morgan fingerprint density at radius 2 is 1.95 bits per heavy atom. The molecule has 0 saturated heterocycles. The molecule has 2 aromatic carbocycles. The summed E-state index contributed by atoms with van der Waals surface area (Å²) in [6, 6.07) is 15.1. The van der Waals surface area contributed by atoms with Gasteiger partial charge in [0.1, 0.15) is 5.75 Å². The van der Waals surface area contributed by atoms with E-state index in [2.05, 4.69) is 15.9 Å².